The van der Waals surface area contributed by atoms with Crippen molar-refractivity contribution in [3.8, 4) is 11.4 Å². The van der Waals surface area contributed by atoms with Crippen LogP contribution >= 0.6 is 11.8 Å². The Kier molecular flexibility index (Phi) is 6.59. The van der Waals surface area contributed by atoms with Crippen LogP contribution in [-0.4, -0.2) is 40.5 Å². The number of thioether (sulfide) groups is 1. The molecule has 7 heteroatoms. The molecule has 1 amide bonds. The lowest BCUT2D eigenvalue weighted by Gasteiger charge is -2.14. The predicted molar refractivity (Wildman–Crippen MR) is 121 cm³/mol. The van der Waals surface area contributed by atoms with Crippen molar-refractivity contribution in [2.45, 2.75) is 32.5 Å². The van der Waals surface area contributed by atoms with Crippen LogP contribution < -0.4 is 10.2 Å². The van der Waals surface area contributed by atoms with Gasteiger partial charge in [-0.3, -0.25) is 4.79 Å². The van der Waals surface area contributed by atoms with Gasteiger partial charge < -0.3 is 14.8 Å². The van der Waals surface area contributed by atoms with Crippen molar-refractivity contribution in [1.82, 2.24) is 14.8 Å². The Morgan fingerprint density at radius 3 is 2.45 bits per heavy atom. The SMILES string of the molecule is CCn1c(SCC(=O)Nc2c(C)cccc2C)nnc1-c1cccc(N(C)C)c1. The summed E-state index contributed by atoms with van der Waals surface area (Å²) in [7, 11) is 4.03. The molecule has 1 aromatic heterocycles. The molecule has 29 heavy (non-hydrogen) atoms. The van der Waals surface area contributed by atoms with Crippen LogP contribution in [0.1, 0.15) is 18.1 Å². The summed E-state index contributed by atoms with van der Waals surface area (Å²) in [5.41, 5.74) is 5.12. The highest BCUT2D eigenvalue weighted by Crippen LogP contribution is 2.27. The molecule has 0 fully saturated rings. The highest BCUT2D eigenvalue weighted by atomic mass is 32.2. The van der Waals surface area contributed by atoms with Crippen molar-refractivity contribution in [1.29, 1.82) is 0 Å². The second-order valence-electron chi connectivity index (χ2n) is 7.10. The van der Waals surface area contributed by atoms with Gasteiger partial charge in [0.15, 0.2) is 11.0 Å². The molecule has 0 bridgehead atoms. The van der Waals surface area contributed by atoms with E-state index in [2.05, 4.69) is 39.5 Å². The first-order chi connectivity index (χ1) is 13.9. The second kappa shape index (κ2) is 9.13. The molecule has 0 spiro atoms. The minimum Gasteiger partial charge on any atom is -0.378 e. The Labute approximate surface area is 176 Å². The summed E-state index contributed by atoms with van der Waals surface area (Å²) in [5, 5.41) is 12.5. The smallest absolute Gasteiger partial charge is 0.234 e. The third kappa shape index (κ3) is 4.79. The zero-order chi connectivity index (χ0) is 21.0. The first-order valence-electron chi connectivity index (χ1n) is 9.60. The molecule has 2 aromatic carbocycles. The number of hydrogen-bond donors (Lipinski definition) is 1. The first-order valence-corrected chi connectivity index (χ1v) is 10.6. The van der Waals surface area contributed by atoms with E-state index in [9.17, 15) is 4.79 Å². The summed E-state index contributed by atoms with van der Waals surface area (Å²) in [4.78, 5) is 14.6. The average Bonchev–Trinajstić information content (AvgIpc) is 3.12. The van der Waals surface area contributed by atoms with Crippen LogP contribution in [0.15, 0.2) is 47.6 Å². The van der Waals surface area contributed by atoms with E-state index >= 15 is 0 Å². The lowest BCUT2D eigenvalue weighted by atomic mass is 10.1. The van der Waals surface area contributed by atoms with Gasteiger partial charge in [-0.2, -0.15) is 0 Å². The maximum atomic E-state index is 12.5. The fourth-order valence-corrected chi connectivity index (χ4v) is 3.94. The Bertz CT molecular complexity index is 992. The lowest BCUT2D eigenvalue weighted by Crippen LogP contribution is -2.16. The van der Waals surface area contributed by atoms with E-state index < -0.39 is 0 Å². The molecule has 0 radical (unpaired) electrons. The Hall–Kier alpha value is -2.80. The van der Waals surface area contributed by atoms with Gasteiger partial charge >= 0.3 is 0 Å². The van der Waals surface area contributed by atoms with Crippen LogP contribution in [0.5, 0.6) is 0 Å². The summed E-state index contributed by atoms with van der Waals surface area (Å²) in [5.74, 6) is 1.05. The number of para-hydroxylation sites is 1. The summed E-state index contributed by atoms with van der Waals surface area (Å²) in [6.45, 7) is 6.79. The molecule has 0 atom stereocenters. The molecule has 0 saturated carbocycles. The topological polar surface area (TPSA) is 63.1 Å². The van der Waals surface area contributed by atoms with Crippen molar-refractivity contribution < 1.29 is 4.79 Å². The number of nitrogens with one attached hydrogen (secondary N) is 1. The van der Waals surface area contributed by atoms with Crippen LogP contribution in [0, 0.1) is 13.8 Å². The van der Waals surface area contributed by atoms with Crippen LogP contribution in [0.4, 0.5) is 11.4 Å². The molecule has 3 aromatic rings. The van der Waals surface area contributed by atoms with E-state index in [1.54, 1.807) is 0 Å². The van der Waals surface area contributed by atoms with Crippen LogP contribution in [0.25, 0.3) is 11.4 Å². The molecule has 3 rings (SSSR count). The van der Waals surface area contributed by atoms with Crippen molar-refractivity contribution in [3.05, 3.63) is 53.6 Å². The number of carbonyl (C=O) groups is 1. The van der Waals surface area contributed by atoms with E-state index in [0.717, 1.165) is 45.6 Å². The highest BCUT2D eigenvalue weighted by Gasteiger charge is 2.16. The number of hydrogen-bond acceptors (Lipinski definition) is 5. The summed E-state index contributed by atoms with van der Waals surface area (Å²) < 4.78 is 2.05. The number of aromatic nitrogens is 3. The van der Waals surface area contributed by atoms with E-state index in [1.165, 1.54) is 11.8 Å². The third-order valence-electron chi connectivity index (χ3n) is 4.73. The summed E-state index contributed by atoms with van der Waals surface area (Å²) in [6, 6.07) is 14.2. The maximum absolute atomic E-state index is 12.5. The molecular weight excluding hydrogens is 382 g/mol. The van der Waals surface area contributed by atoms with Gasteiger partial charge in [0.2, 0.25) is 5.91 Å². The molecule has 0 unspecified atom stereocenters. The minimum atomic E-state index is -0.0470. The van der Waals surface area contributed by atoms with Gasteiger partial charge in [0.05, 0.1) is 5.75 Å². The molecule has 152 valence electrons. The van der Waals surface area contributed by atoms with Gasteiger partial charge in [-0.25, -0.2) is 0 Å². The van der Waals surface area contributed by atoms with E-state index in [4.69, 9.17) is 0 Å². The van der Waals surface area contributed by atoms with Gasteiger partial charge in [-0.05, 0) is 44.0 Å². The van der Waals surface area contributed by atoms with Crippen molar-refractivity contribution in [2.24, 2.45) is 0 Å². The first kappa shape index (κ1) is 20.9. The van der Waals surface area contributed by atoms with Gasteiger partial charge in [-0.15, -0.1) is 10.2 Å². The van der Waals surface area contributed by atoms with E-state index in [0.29, 0.717) is 0 Å². The minimum absolute atomic E-state index is 0.0470. The number of carbonyl (C=O) groups excluding carboxylic acids is 1. The third-order valence-corrected chi connectivity index (χ3v) is 5.70. The number of anilines is 2. The Morgan fingerprint density at radius 1 is 1.10 bits per heavy atom. The fraction of sp³-hybridized carbons (Fsp3) is 0.318. The molecule has 0 saturated heterocycles. The van der Waals surface area contributed by atoms with Crippen LogP contribution in [-0.2, 0) is 11.3 Å². The normalized spacial score (nSPS) is 10.8. The number of amides is 1. The average molecular weight is 410 g/mol. The zero-order valence-electron chi connectivity index (χ0n) is 17.6. The molecular formula is C22H27N5OS. The van der Waals surface area contributed by atoms with Gasteiger partial charge in [0.1, 0.15) is 0 Å². The Balaban J connectivity index is 1.74. The molecule has 0 aliphatic heterocycles. The van der Waals surface area contributed by atoms with E-state index in [-0.39, 0.29) is 11.7 Å². The largest absolute Gasteiger partial charge is 0.378 e. The number of nitrogens with zero attached hydrogens (tertiary/aromatic N) is 4. The number of rotatable bonds is 7. The molecule has 1 N–H and O–H groups in total. The fourth-order valence-electron chi connectivity index (χ4n) is 3.13. The van der Waals surface area contributed by atoms with Gasteiger partial charge in [0.25, 0.3) is 0 Å². The molecule has 1 heterocycles. The lowest BCUT2D eigenvalue weighted by molar-refractivity contribution is -0.113. The summed E-state index contributed by atoms with van der Waals surface area (Å²) >= 11 is 1.40. The number of aryl methyl sites for hydroxylation is 2. The zero-order valence-corrected chi connectivity index (χ0v) is 18.4. The van der Waals surface area contributed by atoms with Gasteiger partial charge in [0, 0.05) is 37.6 Å². The standard InChI is InChI=1S/C22H27N5OS/c1-6-27-21(17-11-8-12-18(13-17)26(4)5)24-25-22(27)29-14-19(28)23-20-15(2)9-7-10-16(20)3/h7-13H,6,14H2,1-5H3,(H,23,28). The molecule has 6 nitrogen and oxygen atoms in total. The number of benzene rings is 2. The van der Waals surface area contributed by atoms with E-state index in [1.807, 2.05) is 62.8 Å². The monoisotopic (exact) mass is 409 g/mol. The predicted octanol–water partition coefficient (Wildman–Crippen LogP) is 4.38. The van der Waals surface area contributed by atoms with Crippen molar-refractivity contribution >= 4 is 29.0 Å². The summed E-state index contributed by atoms with van der Waals surface area (Å²) in [6.07, 6.45) is 0. The second-order valence-corrected chi connectivity index (χ2v) is 8.04. The quantitative estimate of drug-likeness (QED) is 0.587. The van der Waals surface area contributed by atoms with Crippen molar-refractivity contribution in [2.75, 3.05) is 30.1 Å². The van der Waals surface area contributed by atoms with Crippen LogP contribution in [0.3, 0.4) is 0 Å². The molecule has 0 aliphatic carbocycles. The molecule has 0 aliphatic rings. The van der Waals surface area contributed by atoms with Crippen LogP contribution in [0.2, 0.25) is 0 Å². The van der Waals surface area contributed by atoms with Gasteiger partial charge in [-0.1, -0.05) is 42.1 Å². The maximum Gasteiger partial charge on any atom is 0.234 e. The van der Waals surface area contributed by atoms with Crippen molar-refractivity contribution in [3.63, 3.8) is 0 Å². The highest BCUT2D eigenvalue weighted by molar-refractivity contribution is 7.99. The Morgan fingerprint density at radius 2 is 1.79 bits per heavy atom.